The highest BCUT2D eigenvalue weighted by Crippen LogP contribution is 2.48. The van der Waals surface area contributed by atoms with Crippen LogP contribution in [0.15, 0.2) is 24.3 Å². The summed E-state index contributed by atoms with van der Waals surface area (Å²) in [7, 11) is 0. The molecule has 116 valence electrons. The van der Waals surface area contributed by atoms with Crippen molar-refractivity contribution >= 4 is 5.91 Å². The number of nitrogens with one attached hydrogen (secondary N) is 1. The maximum absolute atomic E-state index is 13.7. The minimum Gasteiger partial charge on any atom is -0.388 e. The average molecular weight is 293 g/mol. The number of hydrogen-bond acceptors (Lipinski definition) is 2. The molecular weight excluding hydrogens is 269 g/mol. The smallest absolute Gasteiger partial charge is 0.223 e. The monoisotopic (exact) mass is 293 g/mol. The van der Waals surface area contributed by atoms with Crippen molar-refractivity contribution in [3.63, 3.8) is 0 Å². The molecule has 1 aliphatic carbocycles. The van der Waals surface area contributed by atoms with Crippen molar-refractivity contribution in [3.8, 4) is 0 Å². The van der Waals surface area contributed by atoms with Crippen molar-refractivity contribution in [1.82, 2.24) is 5.32 Å². The number of aliphatic hydroxyl groups is 1. The molecule has 0 aliphatic heterocycles. The SMILES string of the molecule is CCC(C)C(C)(O)CNC(=O)C1CC1c1ccccc1F. The highest BCUT2D eigenvalue weighted by molar-refractivity contribution is 5.83. The van der Waals surface area contributed by atoms with E-state index in [1.54, 1.807) is 25.1 Å². The molecular formula is C17H24FNO2. The molecule has 0 saturated heterocycles. The predicted octanol–water partition coefficient (Wildman–Crippen LogP) is 2.84. The Labute approximate surface area is 125 Å². The van der Waals surface area contributed by atoms with Gasteiger partial charge in [0.25, 0.3) is 0 Å². The minimum atomic E-state index is -0.910. The number of rotatable bonds is 6. The summed E-state index contributed by atoms with van der Waals surface area (Å²) in [5.74, 6) is -0.426. The lowest BCUT2D eigenvalue weighted by molar-refractivity contribution is -0.124. The van der Waals surface area contributed by atoms with Crippen molar-refractivity contribution in [2.75, 3.05) is 6.54 Å². The van der Waals surface area contributed by atoms with E-state index >= 15 is 0 Å². The normalized spacial score (nSPS) is 25.0. The number of carbonyl (C=O) groups excluding carboxylic acids is 1. The van der Waals surface area contributed by atoms with Crippen molar-refractivity contribution in [3.05, 3.63) is 35.6 Å². The van der Waals surface area contributed by atoms with Gasteiger partial charge in [0.05, 0.1) is 5.60 Å². The maximum Gasteiger partial charge on any atom is 0.223 e. The zero-order chi connectivity index (χ0) is 15.6. The van der Waals surface area contributed by atoms with Crippen LogP contribution in [-0.4, -0.2) is 23.2 Å². The average Bonchev–Trinajstić information content (AvgIpc) is 3.24. The number of hydrogen-bond donors (Lipinski definition) is 2. The van der Waals surface area contributed by atoms with E-state index in [2.05, 4.69) is 5.32 Å². The van der Waals surface area contributed by atoms with E-state index in [-0.39, 0.29) is 36.0 Å². The molecule has 0 radical (unpaired) electrons. The van der Waals surface area contributed by atoms with Crippen molar-refractivity contribution in [1.29, 1.82) is 0 Å². The molecule has 4 heteroatoms. The van der Waals surface area contributed by atoms with Gasteiger partial charge >= 0.3 is 0 Å². The lowest BCUT2D eigenvalue weighted by Gasteiger charge is -2.29. The van der Waals surface area contributed by atoms with Crippen LogP contribution in [0.2, 0.25) is 0 Å². The summed E-state index contributed by atoms with van der Waals surface area (Å²) >= 11 is 0. The zero-order valence-corrected chi connectivity index (χ0v) is 12.9. The van der Waals surface area contributed by atoms with E-state index in [0.29, 0.717) is 12.0 Å². The molecule has 1 saturated carbocycles. The molecule has 2 rings (SSSR count). The largest absolute Gasteiger partial charge is 0.388 e. The third kappa shape index (κ3) is 3.62. The van der Waals surface area contributed by atoms with E-state index in [4.69, 9.17) is 0 Å². The summed E-state index contributed by atoms with van der Waals surface area (Å²) in [4.78, 5) is 12.1. The van der Waals surface area contributed by atoms with Gasteiger partial charge in [-0.1, -0.05) is 38.5 Å². The predicted molar refractivity (Wildman–Crippen MR) is 80.3 cm³/mol. The number of amides is 1. The Balaban J connectivity index is 1.88. The van der Waals surface area contributed by atoms with Gasteiger partial charge in [-0.05, 0) is 36.8 Å². The Hall–Kier alpha value is -1.42. The highest BCUT2D eigenvalue weighted by Gasteiger charge is 2.45. The van der Waals surface area contributed by atoms with E-state index < -0.39 is 5.60 Å². The van der Waals surface area contributed by atoms with Gasteiger partial charge in [-0.15, -0.1) is 0 Å². The first-order valence-electron chi connectivity index (χ1n) is 7.61. The van der Waals surface area contributed by atoms with Crippen LogP contribution in [-0.2, 0) is 4.79 Å². The Morgan fingerprint density at radius 3 is 2.81 bits per heavy atom. The number of carbonyl (C=O) groups is 1. The maximum atomic E-state index is 13.7. The van der Waals surface area contributed by atoms with Gasteiger partial charge < -0.3 is 10.4 Å². The van der Waals surface area contributed by atoms with Crippen molar-refractivity contribution < 1.29 is 14.3 Å². The standard InChI is InChI=1S/C17H24FNO2/c1-4-11(2)17(3,21)10-19-16(20)14-9-13(14)12-7-5-6-8-15(12)18/h5-8,11,13-14,21H,4,9-10H2,1-3H3,(H,19,20). The summed E-state index contributed by atoms with van der Waals surface area (Å²) < 4.78 is 13.7. The molecule has 0 spiro atoms. The fourth-order valence-electron chi connectivity index (χ4n) is 2.62. The molecule has 1 fully saturated rings. The second-order valence-corrected chi connectivity index (χ2v) is 6.35. The van der Waals surface area contributed by atoms with Crippen LogP contribution in [0.3, 0.4) is 0 Å². The van der Waals surface area contributed by atoms with Gasteiger partial charge in [0, 0.05) is 12.5 Å². The van der Waals surface area contributed by atoms with Crippen LogP contribution < -0.4 is 5.32 Å². The van der Waals surface area contributed by atoms with Crippen LogP contribution in [0.1, 0.15) is 45.1 Å². The van der Waals surface area contributed by atoms with E-state index in [1.807, 2.05) is 13.8 Å². The van der Waals surface area contributed by atoms with Gasteiger partial charge in [-0.25, -0.2) is 4.39 Å². The third-order valence-corrected chi connectivity index (χ3v) is 4.73. The van der Waals surface area contributed by atoms with Crippen LogP contribution >= 0.6 is 0 Å². The van der Waals surface area contributed by atoms with Crippen LogP contribution in [0.4, 0.5) is 4.39 Å². The van der Waals surface area contributed by atoms with Crippen molar-refractivity contribution in [2.24, 2.45) is 11.8 Å². The Bertz CT molecular complexity index is 515. The Morgan fingerprint density at radius 1 is 1.52 bits per heavy atom. The first-order chi connectivity index (χ1) is 9.86. The third-order valence-electron chi connectivity index (χ3n) is 4.73. The lowest BCUT2D eigenvalue weighted by atomic mass is 9.88. The van der Waals surface area contributed by atoms with Crippen LogP contribution in [0, 0.1) is 17.7 Å². The second kappa shape index (κ2) is 6.14. The van der Waals surface area contributed by atoms with Crippen LogP contribution in [0.25, 0.3) is 0 Å². The summed E-state index contributed by atoms with van der Waals surface area (Å²) in [5.41, 5.74) is -0.293. The molecule has 1 aliphatic rings. The van der Waals surface area contributed by atoms with Gasteiger partial charge in [0.15, 0.2) is 0 Å². The first kappa shape index (κ1) is 16.0. The first-order valence-corrected chi connectivity index (χ1v) is 7.61. The fraction of sp³-hybridized carbons (Fsp3) is 0.588. The Morgan fingerprint density at radius 2 is 2.19 bits per heavy atom. The molecule has 0 aromatic heterocycles. The lowest BCUT2D eigenvalue weighted by Crippen LogP contribution is -2.45. The fourth-order valence-corrected chi connectivity index (χ4v) is 2.62. The molecule has 1 aromatic carbocycles. The second-order valence-electron chi connectivity index (χ2n) is 6.35. The number of benzene rings is 1. The van der Waals surface area contributed by atoms with E-state index in [9.17, 15) is 14.3 Å². The Kier molecular flexibility index (Phi) is 4.67. The van der Waals surface area contributed by atoms with Gasteiger partial charge in [0.1, 0.15) is 5.82 Å². The molecule has 3 nitrogen and oxygen atoms in total. The molecule has 1 amide bonds. The molecule has 0 heterocycles. The zero-order valence-electron chi connectivity index (χ0n) is 12.9. The van der Waals surface area contributed by atoms with Gasteiger partial charge in [0.2, 0.25) is 5.91 Å². The molecule has 0 bridgehead atoms. The van der Waals surface area contributed by atoms with E-state index in [1.165, 1.54) is 6.07 Å². The molecule has 21 heavy (non-hydrogen) atoms. The van der Waals surface area contributed by atoms with Gasteiger partial charge in [-0.2, -0.15) is 0 Å². The van der Waals surface area contributed by atoms with Crippen molar-refractivity contribution in [2.45, 2.75) is 45.1 Å². The molecule has 1 aromatic rings. The van der Waals surface area contributed by atoms with Crippen LogP contribution in [0.5, 0.6) is 0 Å². The van der Waals surface area contributed by atoms with Gasteiger partial charge in [-0.3, -0.25) is 4.79 Å². The topological polar surface area (TPSA) is 49.3 Å². The quantitative estimate of drug-likeness (QED) is 0.847. The highest BCUT2D eigenvalue weighted by atomic mass is 19.1. The summed E-state index contributed by atoms with van der Waals surface area (Å²) in [5, 5.41) is 13.1. The minimum absolute atomic E-state index is 0.0280. The van der Waals surface area contributed by atoms with E-state index in [0.717, 1.165) is 6.42 Å². The molecule has 2 N–H and O–H groups in total. The molecule has 4 atom stereocenters. The summed E-state index contributed by atoms with van der Waals surface area (Å²) in [6.07, 6.45) is 1.53. The number of halogens is 1. The summed E-state index contributed by atoms with van der Waals surface area (Å²) in [6, 6.07) is 6.61. The molecule has 4 unspecified atom stereocenters. The summed E-state index contributed by atoms with van der Waals surface area (Å²) in [6.45, 7) is 5.95.